The molecule has 29 aliphatic rings. The molecule has 0 radical (unpaired) electrons. The summed E-state index contributed by atoms with van der Waals surface area (Å²) in [6, 6.07) is 2.55. The van der Waals surface area contributed by atoms with Gasteiger partial charge in [0.2, 0.25) is 0 Å². The van der Waals surface area contributed by atoms with Crippen LogP contribution >= 0.6 is 0 Å². The SMILES string of the molecule is O=C(O)C1CC2CCC3=C4C2=C2C5=C6C(CC7=C8C9C%10=C%11C%12C(C=C%13OC%13%11CCC%10C7)C7C=CC%10CC(O)c%11cc%13c%14c%15c%11=C%10C7C7C=%15C%10C(=C9C%127)C(C7C9=C%11C%12C%15=C(CC(O)C%16=C%15C(C3CC%16)C%11C43OC573)C3OC3(C%13)C%12=C%14C9%10)C68O)CC21. The van der Waals surface area contributed by atoms with Crippen LogP contribution in [0, 0.1) is 124 Å². The summed E-state index contributed by atoms with van der Waals surface area (Å²) in [4.78, 5) is 14.3. The van der Waals surface area contributed by atoms with Crippen molar-refractivity contribution in [1.82, 2.24) is 0 Å². The Bertz CT molecular complexity index is 4750. The van der Waals surface area contributed by atoms with Gasteiger partial charge in [0.15, 0.2) is 5.60 Å². The van der Waals surface area contributed by atoms with Crippen molar-refractivity contribution >= 4 is 22.7 Å². The Morgan fingerprint density at radius 2 is 1.51 bits per heavy atom. The lowest BCUT2D eigenvalue weighted by molar-refractivity contribution is -0.144. The number of hydrogen-bond acceptors (Lipinski definition) is 7. The number of ether oxygens (including phenoxy) is 3. The van der Waals surface area contributed by atoms with Gasteiger partial charge in [0.05, 0.1) is 18.1 Å². The van der Waals surface area contributed by atoms with Crippen molar-refractivity contribution in [3.8, 4) is 0 Å². The summed E-state index contributed by atoms with van der Waals surface area (Å²) in [6.45, 7) is 0. The van der Waals surface area contributed by atoms with Crippen LogP contribution < -0.4 is 10.4 Å². The van der Waals surface area contributed by atoms with Gasteiger partial charge in [-0.05, 0) is 247 Å². The van der Waals surface area contributed by atoms with Gasteiger partial charge in [-0.2, -0.15) is 0 Å². The fraction of sp³-hybridized carbons (Fsp3) is 0.560. The van der Waals surface area contributed by atoms with E-state index in [1.54, 1.807) is 83.2 Å². The second-order valence-corrected chi connectivity index (χ2v) is 33.7. The zero-order valence-electron chi connectivity index (χ0n) is 45.8. The summed E-state index contributed by atoms with van der Waals surface area (Å²) in [5.41, 5.74) is 35.3. The summed E-state index contributed by atoms with van der Waals surface area (Å²) in [7, 11) is 0. The predicted octanol–water partition coefficient (Wildman–Crippen LogP) is 7.99. The molecular formula is C75H58O8. The first-order valence-corrected chi connectivity index (χ1v) is 33.8. The van der Waals surface area contributed by atoms with Gasteiger partial charge >= 0.3 is 5.97 Å². The molecule has 4 spiro atoms. The molecule has 26 aliphatic carbocycles. The average molecular weight is 1090 g/mol. The van der Waals surface area contributed by atoms with E-state index in [4.69, 9.17) is 14.2 Å². The number of epoxide rings is 3. The molecule has 3 saturated carbocycles. The van der Waals surface area contributed by atoms with Crippen LogP contribution in [-0.4, -0.2) is 66.6 Å². The molecule has 0 aromatic heterocycles. The van der Waals surface area contributed by atoms with Crippen LogP contribution in [-0.2, 0) is 25.4 Å². The molecule has 0 amide bonds. The van der Waals surface area contributed by atoms with E-state index in [1.807, 2.05) is 0 Å². The number of aliphatic hydroxyl groups is 3. The quantitative estimate of drug-likeness (QED) is 0.164. The molecule has 406 valence electrons. The number of hydrogen-bond donors (Lipinski definition) is 4. The van der Waals surface area contributed by atoms with E-state index in [1.165, 1.54) is 72.3 Å². The van der Waals surface area contributed by atoms with E-state index in [2.05, 4.69) is 24.3 Å². The fourth-order valence-corrected chi connectivity index (χ4v) is 32.4. The van der Waals surface area contributed by atoms with Crippen LogP contribution in [0.15, 0.2) is 136 Å². The van der Waals surface area contributed by atoms with Gasteiger partial charge < -0.3 is 34.6 Å². The Hall–Kier alpha value is -5.09. The van der Waals surface area contributed by atoms with Gasteiger partial charge in [-0.1, -0.05) is 62.8 Å². The number of aliphatic hydroxyl groups excluding tert-OH is 2. The summed E-state index contributed by atoms with van der Waals surface area (Å²) in [6.07, 6.45) is 18.9. The lowest BCUT2D eigenvalue weighted by atomic mass is 9.26. The van der Waals surface area contributed by atoms with Crippen LogP contribution in [0.25, 0.3) is 16.7 Å². The van der Waals surface area contributed by atoms with E-state index in [9.17, 15) is 20.1 Å². The second kappa shape index (κ2) is 10.7. The summed E-state index contributed by atoms with van der Waals surface area (Å²) >= 11 is 0. The minimum atomic E-state index is -1.22. The van der Waals surface area contributed by atoms with Gasteiger partial charge in [-0.25, -0.2) is 0 Å². The molecule has 83 heavy (non-hydrogen) atoms. The molecule has 1 aromatic rings. The summed E-state index contributed by atoms with van der Waals surface area (Å²) in [5.74, 6) is 3.89. The highest BCUT2D eigenvalue weighted by Gasteiger charge is 2.95. The highest BCUT2D eigenvalue weighted by Crippen LogP contribution is 2.93. The topological polar surface area (TPSA) is 136 Å². The standard InChI is InChI=1S/C75H58O8/c76-33-14-19-1-3-25-29-16-35-71(81-35)8-7-20-9-21-10-22-12-28-30(70(78)79)11-18-2-4-26-24-5-6-27-34(77)15-32-43-41(27)44(24)65-59-56(43)64-54-37-23(17-72(64)69(32)82-72)13-31(33)42-36(19)40(25)48-49-46(29)63(71)39(20)55-52(49)57-51(50(48)47(37)42)53(54)58(59)68-66(57)73(80,60(21)55)61(22)67-45(28)38(18)62(26)74(65)75(67,68)83-74/h1,3,13,16,18-20,22,24-25,28-30,33-34,40,44,46,48-49,51,53,55-56,65-66,68-69,76-77,80H,2,4-12,14-15,17H2,(H,78,79). The number of fused-ring (bicyclic) bond motifs is 3. The Morgan fingerprint density at radius 1 is 0.627 bits per heavy atom. The van der Waals surface area contributed by atoms with E-state index >= 15 is 5.11 Å². The first kappa shape index (κ1) is 40.3. The Kier molecular flexibility index (Phi) is 5.18. The Labute approximate surface area is 476 Å². The molecule has 3 heterocycles. The first-order chi connectivity index (χ1) is 40.6. The summed E-state index contributed by atoms with van der Waals surface area (Å²) in [5, 5.41) is 56.8. The van der Waals surface area contributed by atoms with Gasteiger partial charge in [0.1, 0.15) is 34.3 Å². The van der Waals surface area contributed by atoms with Gasteiger partial charge in [-0.3, -0.25) is 4.79 Å². The zero-order chi connectivity index (χ0) is 52.2. The van der Waals surface area contributed by atoms with Crippen molar-refractivity contribution < 1.29 is 39.4 Å². The summed E-state index contributed by atoms with van der Waals surface area (Å²) < 4.78 is 23.9. The fourth-order valence-electron chi connectivity index (χ4n) is 32.4. The smallest absolute Gasteiger partial charge is 0.307 e. The molecule has 3 aliphatic heterocycles. The largest absolute Gasteiger partial charge is 0.481 e. The molecule has 29 unspecified atom stereocenters. The molecule has 8 heteroatoms. The molecule has 30 rings (SSSR count). The maximum Gasteiger partial charge on any atom is 0.307 e. The maximum absolute atomic E-state index is 16.2. The van der Waals surface area contributed by atoms with E-state index in [-0.39, 0.29) is 82.7 Å². The normalized spacial score (nSPS) is 59.4. The van der Waals surface area contributed by atoms with E-state index in [0.29, 0.717) is 60.2 Å². The van der Waals surface area contributed by atoms with Crippen LogP contribution in [0.1, 0.15) is 99.8 Å². The van der Waals surface area contributed by atoms with Crippen molar-refractivity contribution in [2.45, 2.75) is 130 Å². The molecule has 4 N–H and O–H groups in total. The number of allylic oxidation sites excluding steroid dienone is 10. The molecule has 29 atom stereocenters. The average Bonchev–Trinajstić information content (AvgIpc) is 1.40. The van der Waals surface area contributed by atoms with Gasteiger partial charge in [-0.15, -0.1) is 0 Å². The Morgan fingerprint density at radius 3 is 2.43 bits per heavy atom. The van der Waals surface area contributed by atoms with Crippen molar-refractivity contribution in [1.29, 1.82) is 0 Å². The number of rotatable bonds is 1. The molecule has 3 saturated heterocycles. The third-order valence-electron chi connectivity index (χ3n) is 33.0. The zero-order valence-corrected chi connectivity index (χ0v) is 45.8. The monoisotopic (exact) mass is 1090 g/mol. The number of carboxylic acids is 1. The third kappa shape index (κ3) is 3.09. The molecule has 6 fully saturated rings. The van der Waals surface area contributed by atoms with Gasteiger partial charge in [0.25, 0.3) is 0 Å². The van der Waals surface area contributed by atoms with Crippen molar-refractivity contribution in [3.63, 3.8) is 0 Å². The number of aliphatic carboxylic acids is 1. The maximum atomic E-state index is 16.2. The third-order valence-corrected chi connectivity index (χ3v) is 33.0. The molecule has 8 nitrogen and oxygen atoms in total. The van der Waals surface area contributed by atoms with Crippen molar-refractivity contribution in [2.24, 2.45) is 124 Å². The number of benzene rings is 1. The van der Waals surface area contributed by atoms with Crippen LogP contribution in [0.5, 0.6) is 0 Å². The first-order valence-electron chi connectivity index (χ1n) is 33.8. The highest BCUT2D eigenvalue weighted by atomic mass is 16.6. The van der Waals surface area contributed by atoms with E-state index in [0.717, 1.165) is 70.6 Å². The highest BCUT2D eigenvalue weighted by molar-refractivity contribution is 5.98. The lowest BCUT2D eigenvalue weighted by Gasteiger charge is -2.76. The number of carboxylic acid groups (broad SMARTS) is 1. The number of carbonyl (C=O) groups is 1. The lowest BCUT2D eigenvalue weighted by Crippen LogP contribution is -2.75. The van der Waals surface area contributed by atoms with Gasteiger partial charge in [0, 0.05) is 66.1 Å². The van der Waals surface area contributed by atoms with E-state index < -0.39 is 46.5 Å². The van der Waals surface area contributed by atoms with Crippen molar-refractivity contribution in [2.75, 3.05) is 0 Å². The molecular weight excluding hydrogens is 1030 g/mol. The van der Waals surface area contributed by atoms with Crippen molar-refractivity contribution in [3.05, 3.63) is 163 Å². The minimum Gasteiger partial charge on any atom is -0.481 e. The minimum absolute atomic E-state index is 0.0529. The second-order valence-electron chi connectivity index (χ2n) is 33.7. The van der Waals surface area contributed by atoms with Crippen LogP contribution in [0.3, 0.4) is 0 Å². The Balaban J connectivity index is 0.869. The predicted molar refractivity (Wildman–Crippen MR) is 294 cm³/mol. The molecule has 1 aromatic carbocycles. The van der Waals surface area contributed by atoms with Crippen LogP contribution in [0.2, 0.25) is 0 Å². The van der Waals surface area contributed by atoms with Crippen LogP contribution in [0.4, 0.5) is 0 Å². The molecule has 0 bridgehead atoms.